The maximum Gasteiger partial charge on any atom is 0.133 e. The number of piperazine rings is 1. The molecule has 1 aromatic carbocycles. The normalized spacial score (nSPS) is 17.2. The highest BCUT2D eigenvalue weighted by molar-refractivity contribution is 6.07. The second kappa shape index (κ2) is 5.10. The largest absolute Gasteiger partial charge is 0.313 e. The van der Waals surface area contributed by atoms with Crippen molar-refractivity contribution in [3.8, 4) is 0 Å². The summed E-state index contributed by atoms with van der Waals surface area (Å²) in [7, 11) is 0. The molecule has 0 saturated carbocycles. The van der Waals surface area contributed by atoms with Crippen molar-refractivity contribution in [2.24, 2.45) is 0 Å². The van der Waals surface area contributed by atoms with Crippen molar-refractivity contribution < 1.29 is 0 Å². The Labute approximate surface area is 102 Å². The number of nitrogens with one attached hydrogen (secondary N) is 2. The Balaban J connectivity index is 2.09. The third-order valence-corrected chi connectivity index (χ3v) is 3.10. The lowest BCUT2D eigenvalue weighted by Gasteiger charge is -2.35. The number of hydrogen-bond donors (Lipinski definition) is 2. The summed E-state index contributed by atoms with van der Waals surface area (Å²) in [6.07, 6.45) is 0. The molecule has 0 atom stereocenters. The van der Waals surface area contributed by atoms with Crippen LogP contribution in [0.15, 0.2) is 30.3 Å². The van der Waals surface area contributed by atoms with Crippen LogP contribution in [-0.4, -0.2) is 47.7 Å². The lowest BCUT2D eigenvalue weighted by atomic mass is 10.1. The van der Waals surface area contributed by atoms with E-state index in [1.807, 2.05) is 30.3 Å². The molecule has 90 valence electrons. The topological polar surface area (TPSA) is 54.2 Å². The van der Waals surface area contributed by atoms with E-state index in [0.717, 1.165) is 25.2 Å². The van der Waals surface area contributed by atoms with Crippen molar-refractivity contribution in [1.29, 1.82) is 10.8 Å². The maximum atomic E-state index is 8.14. The Bertz CT molecular complexity index is 413. The van der Waals surface area contributed by atoms with Gasteiger partial charge in [-0.05, 0) is 6.54 Å². The van der Waals surface area contributed by atoms with E-state index in [4.69, 9.17) is 10.8 Å². The quantitative estimate of drug-likeness (QED) is 0.599. The molecule has 4 heteroatoms. The smallest absolute Gasteiger partial charge is 0.133 e. The highest BCUT2D eigenvalue weighted by Gasteiger charge is 2.23. The first kappa shape index (κ1) is 11.8. The Morgan fingerprint density at radius 2 is 1.94 bits per heavy atom. The summed E-state index contributed by atoms with van der Waals surface area (Å²) in [5.74, 6) is 0.957. The fraction of sp³-hybridized carbons (Fsp3) is 0.385. The first-order chi connectivity index (χ1) is 8.22. The summed E-state index contributed by atoms with van der Waals surface area (Å²) < 4.78 is 0. The van der Waals surface area contributed by atoms with Gasteiger partial charge in [-0.1, -0.05) is 37.3 Å². The number of hydrogen-bond acceptors (Lipinski definition) is 3. The molecule has 0 bridgehead atoms. The van der Waals surface area contributed by atoms with Gasteiger partial charge in [-0.15, -0.1) is 0 Å². The lowest BCUT2D eigenvalue weighted by molar-refractivity contribution is 0.274. The van der Waals surface area contributed by atoms with Gasteiger partial charge in [0.15, 0.2) is 0 Å². The van der Waals surface area contributed by atoms with Crippen LogP contribution < -0.4 is 0 Å². The molecule has 2 N–H and O–H groups in total. The highest BCUT2D eigenvalue weighted by Crippen LogP contribution is 2.09. The van der Waals surface area contributed by atoms with Crippen LogP contribution in [0.5, 0.6) is 0 Å². The summed E-state index contributed by atoms with van der Waals surface area (Å²) in [4.78, 5) is 4.01. The fourth-order valence-corrected chi connectivity index (χ4v) is 2.02. The van der Waals surface area contributed by atoms with Gasteiger partial charge < -0.3 is 4.90 Å². The summed E-state index contributed by atoms with van der Waals surface area (Å²) >= 11 is 0. The van der Waals surface area contributed by atoms with Crippen LogP contribution >= 0.6 is 0 Å². The van der Waals surface area contributed by atoms with Crippen molar-refractivity contribution in [3.63, 3.8) is 0 Å². The van der Waals surface area contributed by atoms with E-state index in [1.165, 1.54) is 0 Å². The summed E-state index contributed by atoms with van der Waals surface area (Å²) in [6.45, 7) is 5.38. The minimum absolute atomic E-state index is 0.436. The van der Waals surface area contributed by atoms with Crippen LogP contribution in [0.4, 0.5) is 0 Å². The zero-order valence-corrected chi connectivity index (χ0v) is 10.1. The second-order valence-corrected chi connectivity index (χ2v) is 4.18. The van der Waals surface area contributed by atoms with Gasteiger partial charge in [0.05, 0.1) is 6.54 Å². The minimum atomic E-state index is 0.436. The van der Waals surface area contributed by atoms with Crippen LogP contribution in [0, 0.1) is 10.8 Å². The first-order valence-corrected chi connectivity index (χ1v) is 5.93. The van der Waals surface area contributed by atoms with Gasteiger partial charge in [0.25, 0.3) is 0 Å². The van der Waals surface area contributed by atoms with Crippen LogP contribution in [0.25, 0.3) is 0 Å². The molecule has 1 aromatic rings. The molecule has 0 radical (unpaired) electrons. The number of rotatable bonds is 2. The predicted molar refractivity (Wildman–Crippen MR) is 69.8 cm³/mol. The molecule has 0 amide bonds. The molecule has 1 heterocycles. The van der Waals surface area contributed by atoms with E-state index in [2.05, 4.69) is 11.8 Å². The van der Waals surface area contributed by atoms with Gasteiger partial charge in [0.1, 0.15) is 11.7 Å². The van der Waals surface area contributed by atoms with Crippen LogP contribution in [-0.2, 0) is 0 Å². The SMILES string of the molecule is CCN1CCN(C(=N)c2ccccc2)C(=N)C1. The number of amidine groups is 2. The molecule has 1 saturated heterocycles. The fourth-order valence-electron chi connectivity index (χ4n) is 2.02. The molecule has 2 rings (SSSR count). The Hall–Kier alpha value is -1.68. The Morgan fingerprint density at radius 3 is 2.53 bits per heavy atom. The average molecular weight is 230 g/mol. The summed E-state index contributed by atoms with van der Waals surface area (Å²) in [5.41, 5.74) is 0.877. The molecule has 0 aromatic heterocycles. The monoisotopic (exact) mass is 230 g/mol. The van der Waals surface area contributed by atoms with E-state index < -0.39 is 0 Å². The molecule has 4 nitrogen and oxygen atoms in total. The van der Waals surface area contributed by atoms with Crippen molar-refractivity contribution in [3.05, 3.63) is 35.9 Å². The van der Waals surface area contributed by atoms with Gasteiger partial charge in [-0.2, -0.15) is 0 Å². The maximum absolute atomic E-state index is 8.14. The van der Waals surface area contributed by atoms with Crippen molar-refractivity contribution >= 4 is 11.7 Å². The summed E-state index contributed by atoms with van der Waals surface area (Å²) in [5, 5.41) is 16.1. The molecule has 1 fully saturated rings. The second-order valence-electron chi connectivity index (χ2n) is 4.18. The average Bonchev–Trinajstić information content (AvgIpc) is 2.39. The van der Waals surface area contributed by atoms with Crippen LogP contribution in [0.3, 0.4) is 0 Å². The van der Waals surface area contributed by atoms with Gasteiger partial charge in [0.2, 0.25) is 0 Å². The van der Waals surface area contributed by atoms with Crippen molar-refractivity contribution in [2.75, 3.05) is 26.2 Å². The number of benzene rings is 1. The summed E-state index contributed by atoms with van der Waals surface area (Å²) in [6, 6.07) is 9.63. The Kier molecular flexibility index (Phi) is 3.54. The van der Waals surface area contributed by atoms with E-state index in [9.17, 15) is 0 Å². The Morgan fingerprint density at radius 1 is 1.24 bits per heavy atom. The third kappa shape index (κ3) is 2.53. The van der Waals surface area contributed by atoms with Gasteiger partial charge in [0, 0.05) is 18.7 Å². The number of likely N-dealkylation sites (N-methyl/N-ethyl adjacent to an activating group) is 1. The highest BCUT2D eigenvalue weighted by atomic mass is 15.3. The molecule has 1 aliphatic rings. The molecule has 0 spiro atoms. The van der Waals surface area contributed by atoms with Gasteiger partial charge in [-0.3, -0.25) is 15.7 Å². The van der Waals surface area contributed by atoms with Crippen molar-refractivity contribution in [2.45, 2.75) is 6.92 Å². The van der Waals surface area contributed by atoms with E-state index in [0.29, 0.717) is 18.2 Å². The predicted octanol–water partition coefficient (Wildman–Crippen LogP) is 1.63. The zero-order chi connectivity index (χ0) is 12.3. The minimum Gasteiger partial charge on any atom is -0.313 e. The van der Waals surface area contributed by atoms with E-state index >= 15 is 0 Å². The molecule has 17 heavy (non-hydrogen) atoms. The molecular formula is C13H18N4. The standard InChI is InChI=1S/C13H18N4/c1-2-16-8-9-17(12(14)10-16)13(15)11-6-4-3-5-7-11/h3-7,14-15H,2,8-10H2,1H3. The molecule has 0 aliphatic carbocycles. The third-order valence-electron chi connectivity index (χ3n) is 3.10. The van der Waals surface area contributed by atoms with Gasteiger partial charge >= 0.3 is 0 Å². The first-order valence-electron chi connectivity index (χ1n) is 5.93. The molecule has 0 unspecified atom stereocenters. The van der Waals surface area contributed by atoms with Crippen LogP contribution in [0.1, 0.15) is 12.5 Å². The molecule has 1 aliphatic heterocycles. The molecular weight excluding hydrogens is 212 g/mol. The lowest BCUT2D eigenvalue weighted by Crippen LogP contribution is -2.52. The van der Waals surface area contributed by atoms with Gasteiger partial charge in [-0.25, -0.2) is 0 Å². The van der Waals surface area contributed by atoms with Crippen LogP contribution in [0.2, 0.25) is 0 Å². The zero-order valence-electron chi connectivity index (χ0n) is 10.1. The van der Waals surface area contributed by atoms with E-state index in [-0.39, 0.29) is 0 Å². The van der Waals surface area contributed by atoms with E-state index in [1.54, 1.807) is 4.90 Å². The van der Waals surface area contributed by atoms with Crippen molar-refractivity contribution in [1.82, 2.24) is 9.80 Å². The number of nitrogens with zero attached hydrogens (tertiary/aromatic N) is 2.